The molecule has 0 aromatic heterocycles. The molecule has 416 valence electrons. The monoisotopic (exact) mass is 1150 g/mol. The Labute approximate surface area is 499 Å². The van der Waals surface area contributed by atoms with Crippen molar-refractivity contribution in [3.05, 3.63) is 144 Å². The van der Waals surface area contributed by atoms with Crippen LogP contribution in [-0.2, 0) is 0 Å². The minimum absolute atomic E-state index is 0.251. The van der Waals surface area contributed by atoms with Gasteiger partial charge in [-0.1, -0.05) is 225 Å². The molecular formula is C72H70N2O4S4. The number of hydrogen-bond acceptors (Lipinski definition) is 8. The maximum atomic E-state index is 15.4. The van der Waals surface area contributed by atoms with Crippen LogP contribution in [0.4, 0.5) is 0 Å². The van der Waals surface area contributed by atoms with Crippen molar-refractivity contribution in [1.82, 2.24) is 9.80 Å². The predicted molar refractivity (Wildman–Crippen MR) is 342 cm³/mol. The van der Waals surface area contributed by atoms with Crippen LogP contribution < -0.4 is 0 Å². The first kappa shape index (κ1) is 55.2. The molecule has 4 heterocycles. The van der Waals surface area contributed by atoms with Crippen molar-refractivity contribution < 1.29 is 19.2 Å². The fourth-order valence-electron chi connectivity index (χ4n) is 13.3. The number of unbranched alkanes of at least 4 members (excludes halogenated alkanes) is 18. The molecule has 0 unspecified atom stereocenters. The Hall–Kier alpha value is -6.04. The van der Waals surface area contributed by atoms with Crippen molar-refractivity contribution in [2.24, 2.45) is 0 Å². The fourth-order valence-corrected chi connectivity index (χ4v) is 17.8. The molecule has 9 aromatic carbocycles. The summed E-state index contributed by atoms with van der Waals surface area (Å²) in [5.41, 5.74) is 5.84. The highest BCUT2D eigenvalue weighted by Crippen LogP contribution is 2.55. The van der Waals surface area contributed by atoms with Crippen LogP contribution in [0.15, 0.2) is 160 Å². The Morgan fingerprint density at radius 1 is 0.280 bits per heavy atom. The second-order valence-corrected chi connectivity index (χ2v) is 27.4. The van der Waals surface area contributed by atoms with E-state index in [1.807, 2.05) is 12.1 Å². The number of hydrogen-bond donors (Lipinski definition) is 0. The third kappa shape index (κ3) is 10.3. The summed E-state index contributed by atoms with van der Waals surface area (Å²) >= 11 is 7.08. The van der Waals surface area contributed by atoms with E-state index >= 15 is 19.2 Å². The van der Waals surface area contributed by atoms with Gasteiger partial charge in [0.05, 0.1) is 0 Å². The quantitative estimate of drug-likeness (QED) is 0.0256. The molecule has 4 aliphatic rings. The molecule has 9 aromatic rings. The largest absolute Gasteiger partial charge is 0.274 e. The first-order valence-corrected chi connectivity index (χ1v) is 33.8. The second-order valence-electron chi connectivity index (χ2n) is 23.0. The smallest absolute Gasteiger partial charge is 0.261 e. The van der Waals surface area contributed by atoms with Crippen molar-refractivity contribution in [3.8, 4) is 22.3 Å². The molecule has 13 rings (SSSR count). The Morgan fingerprint density at radius 3 is 0.963 bits per heavy atom. The lowest BCUT2D eigenvalue weighted by Gasteiger charge is -2.32. The molecule has 0 radical (unpaired) electrons. The molecule has 0 N–H and O–H groups in total. The molecular weight excluding hydrogens is 1090 g/mol. The fraction of sp³-hybridized carbons (Fsp3) is 0.333. The number of imide groups is 2. The summed E-state index contributed by atoms with van der Waals surface area (Å²) in [6.45, 7) is 5.25. The lowest BCUT2D eigenvalue weighted by atomic mass is 9.78. The van der Waals surface area contributed by atoms with Gasteiger partial charge in [-0.25, -0.2) is 0 Å². The molecule has 0 atom stereocenters. The van der Waals surface area contributed by atoms with Gasteiger partial charge in [-0.3, -0.25) is 29.0 Å². The van der Waals surface area contributed by atoms with Gasteiger partial charge in [0, 0.05) is 85.3 Å². The normalized spacial score (nSPS) is 14.4. The van der Waals surface area contributed by atoms with E-state index in [0.29, 0.717) is 46.1 Å². The molecule has 4 aliphatic heterocycles. The average Bonchev–Trinajstić information content (AvgIpc) is 1.53. The first-order valence-electron chi connectivity index (χ1n) is 30.5. The third-order valence-electron chi connectivity index (χ3n) is 17.6. The molecule has 6 nitrogen and oxygen atoms in total. The summed E-state index contributed by atoms with van der Waals surface area (Å²) in [5.74, 6) is -1.01. The van der Waals surface area contributed by atoms with E-state index in [1.54, 1.807) is 47.0 Å². The molecule has 0 saturated heterocycles. The number of carbonyl (C=O) groups excluding carboxylic acids is 4. The summed E-state index contributed by atoms with van der Waals surface area (Å²) in [6, 6.07) is 42.5. The molecule has 0 aliphatic carbocycles. The lowest BCUT2D eigenvalue weighted by Crippen LogP contribution is -2.41. The van der Waals surface area contributed by atoms with Crippen molar-refractivity contribution >= 4 is 114 Å². The van der Waals surface area contributed by atoms with Crippen LogP contribution in [-0.4, -0.2) is 46.5 Å². The van der Waals surface area contributed by atoms with E-state index in [9.17, 15) is 0 Å². The molecule has 10 heteroatoms. The van der Waals surface area contributed by atoms with Gasteiger partial charge >= 0.3 is 0 Å². The summed E-state index contributed by atoms with van der Waals surface area (Å²) in [5, 5.41) is 6.68. The molecule has 82 heavy (non-hydrogen) atoms. The highest BCUT2D eigenvalue weighted by Gasteiger charge is 2.39. The average molecular weight is 1160 g/mol. The Bertz CT molecular complexity index is 3740. The van der Waals surface area contributed by atoms with Gasteiger partial charge in [0.25, 0.3) is 23.6 Å². The maximum absolute atomic E-state index is 15.4. The first-order chi connectivity index (χ1) is 40.3. The Kier molecular flexibility index (Phi) is 16.3. The van der Waals surface area contributed by atoms with Crippen LogP contribution in [0.25, 0.3) is 65.3 Å². The molecule has 0 spiro atoms. The number of rotatable bonds is 24. The molecule has 0 bridgehead atoms. The van der Waals surface area contributed by atoms with E-state index < -0.39 is 0 Å². The SMILES string of the molecule is CCCCCCCCCCCCN1C(=O)c2ccc3c4c(-c5ccc6c(c5)Sc5ccccc5S6)cc5c6c(ccc(c7c(-c8ccc9c(c8)Sc8ccccc8S9)cc(c2c37)C1=O)c64)C(=O)N(CCCCCCCCCCCC)C5=O. The van der Waals surface area contributed by atoms with E-state index in [0.717, 1.165) is 103 Å². The van der Waals surface area contributed by atoms with Crippen LogP contribution in [0.5, 0.6) is 0 Å². The third-order valence-corrected chi connectivity index (χ3v) is 22.7. The zero-order chi connectivity index (χ0) is 55.8. The Balaban J connectivity index is 0.959. The molecule has 0 fully saturated rings. The standard InChI is InChI=1S/C72H70N2O4S4/c1-3-5-7-9-11-13-15-17-19-25-39-73-69(75)49-35-33-47-64-52(46-32-38-60-62(42-46)82-58-30-24-22-28-56(58)80-60)44-54-66-50(70(76)74(72(54)78)40-26-20-18-16-14-12-10-8-6-4-2)36-34-48(68(64)66)63-51(43-53(71(73)77)65(49)67(47)63)45-31-37-59-61(41-45)81-57-29-23-21-27-55(57)79-59/h21-24,27-38,41-44H,3-20,25-26,39-40H2,1-2H3. The Morgan fingerprint density at radius 2 is 0.598 bits per heavy atom. The lowest BCUT2D eigenvalue weighted by molar-refractivity contribution is 0.0592. The zero-order valence-corrected chi connectivity index (χ0v) is 50.5. The summed E-state index contributed by atoms with van der Waals surface area (Å²) in [6.07, 6.45) is 23.3. The van der Waals surface area contributed by atoms with Crippen LogP contribution in [0.3, 0.4) is 0 Å². The summed E-state index contributed by atoms with van der Waals surface area (Å²) in [7, 11) is 0. The summed E-state index contributed by atoms with van der Waals surface area (Å²) < 4.78 is 0. The highest BCUT2D eigenvalue weighted by atomic mass is 32.2. The van der Waals surface area contributed by atoms with Crippen molar-refractivity contribution in [3.63, 3.8) is 0 Å². The number of benzene rings is 9. The van der Waals surface area contributed by atoms with E-state index in [2.05, 4.69) is 123 Å². The van der Waals surface area contributed by atoms with Crippen LogP contribution in [0.2, 0.25) is 0 Å². The highest BCUT2D eigenvalue weighted by molar-refractivity contribution is 8.05. The number of fused-ring (bicyclic) bond motifs is 6. The topological polar surface area (TPSA) is 74.8 Å². The van der Waals surface area contributed by atoms with Gasteiger partial charge in [-0.05, 0) is 140 Å². The van der Waals surface area contributed by atoms with Crippen LogP contribution in [0.1, 0.15) is 184 Å². The number of carbonyl (C=O) groups is 4. The van der Waals surface area contributed by atoms with E-state index in [4.69, 9.17) is 0 Å². The second kappa shape index (κ2) is 24.3. The van der Waals surface area contributed by atoms with Crippen LogP contribution in [0, 0.1) is 0 Å². The maximum Gasteiger partial charge on any atom is 0.261 e. The van der Waals surface area contributed by atoms with Gasteiger partial charge in [0.15, 0.2) is 0 Å². The number of nitrogens with zero attached hydrogens (tertiary/aromatic N) is 2. The number of amides is 4. The predicted octanol–water partition coefficient (Wildman–Crippen LogP) is 21.3. The van der Waals surface area contributed by atoms with Gasteiger partial charge in [-0.15, -0.1) is 0 Å². The van der Waals surface area contributed by atoms with Gasteiger partial charge in [0.2, 0.25) is 0 Å². The van der Waals surface area contributed by atoms with E-state index in [-0.39, 0.29) is 23.6 Å². The van der Waals surface area contributed by atoms with Gasteiger partial charge < -0.3 is 0 Å². The van der Waals surface area contributed by atoms with Crippen molar-refractivity contribution in [2.45, 2.75) is 181 Å². The van der Waals surface area contributed by atoms with Gasteiger partial charge in [0.1, 0.15) is 0 Å². The zero-order valence-electron chi connectivity index (χ0n) is 47.3. The molecule has 0 saturated carbocycles. The van der Waals surface area contributed by atoms with Crippen LogP contribution >= 0.6 is 47.0 Å². The van der Waals surface area contributed by atoms with Crippen molar-refractivity contribution in [2.75, 3.05) is 13.1 Å². The van der Waals surface area contributed by atoms with Crippen molar-refractivity contribution in [1.29, 1.82) is 0 Å². The van der Waals surface area contributed by atoms with E-state index in [1.165, 1.54) is 129 Å². The summed E-state index contributed by atoms with van der Waals surface area (Å²) in [4.78, 5) is 73.3. The van der Waals surface area contributed by atoms with Gasteiger partial charge in [-0.2, -0.15) is 0 Å². The minimum atomic E-state index is -0.255. The minimum Gasteiger partial charge on any atom is -0.274 e. The molecule has 4 amide bonds.